The van der Waals surface area contributed by atoms with Gasteiger partial charge in [-0.3, -0.25) is 14.6 Å². The molecule has 5 nitrogen and oxygen atoms in total. The number of fused-ring (bicyclic) bond motifs is 2. The number of nitrogens with one attached hydrogen (secondary N) is 1. The molecule has 1 aliphatic rings. The number of carbonyl (C=O) groups is 2. The van der Waals surface area contributed by atoms with E-state index in [9.17, 15) is 9.59 Å². The number of aryl methyl sites for hydroxylation is 1. The van der Waals surface area contributed by atoms with Crippen molar-refractivity contribution >= 4 is 28.4 Å². The van der Waals surface area contributed by atoms with Crippen LogP contribution < -0.4 is 5.32 Å². The average molecular weight is 387 g/mol. The normalized spacial score (nSPS) is 12.6. The molecule has 1 aromatic heterocycles. The Morgan fingerprint density at radius 3 is 2.62 bits per heavy atom. The van der Waals surface area contributed by atoms with Crippen molar-refractivity contribution < 1.29 is 9.59 Å². The Morgan fingerprint density at radius 2 is 1.83 bits per heavy atom. The highest BCUT2D eigenvalue weighted by atomic mass is 16.2. The molecule has 0 atom stereocenters. The number of para-hydroxylation sites is 1. The van der Waals surface area contributed by atoms with Crippen LogP contribution in [0, 0.1) is 0 Å². The van der Waals surface area contributed by atoms with Gasteiger partial charge in [-0.15, -0.1) is 0 Å². The lowest BCUT2D eigenvalue weighted by Gasteiger charge is -2.19. The number of hydrogen-bond acceptors (Lipinski definition) is 3. The molecule has 0 spiro atoms. The lowest BCUT2D eigenvalue weighted by molar-refractivity contribution is 0.0772. The topological polar surface area (TPSA) is 62.3 Å². The Kier molecular flexibility index (Phi) is 5.30. The number of pyridine rings is 1. The molecule has 2 amide bonds. The van der Waals surface area contributed by atoms with E-state index in [0.29, 0.717) is 29.9 Å². The molecule has 0 bridgehead atoms. The fraction of sp³-hybridized carbons (Fsp3) is 0.292. The van der Waals surface area contributed by atoms with Crippen molar-refractivity contribution in [3.05, 3.63) is 70.9 Å². The van der Waals surface area contributed by atoms with Gasteiger partial charge in [0.25, 0.3) is 11.8 Å². The summed E-state index contributed by atoms with van der Waals surface area (Å²) in [6, 6.07) is 15.0. The zero-order valence-corrected chi connectivity index (χ0v) is 16.9. The SMILES string of the molecule is CCN(CC)C(=O)c1cccc(NC(=O)c2c3c(nc4ccccc24)CCC3)c1. The first-order valence-corrected chi connectivity index (χ1v) is 10.2. The highest BCUT2D eigenvalue weighted by Crippen LogP contribution is 2.30. The minimum atomic E-state index is -0.144. The fourth-order valence-electron chi connectivity index (χ4n) is 4.09. The number of nitrogens with zero attached hydrogens (tertiary/aromatic N) is 2. The van der Waals surface area contributed by atoms with Crippen molar-refractivity contribution in [2.75, 3.05) is 18.4 Å². The second-order valence-corrected chi connectivity index (χ2v) is 7.30. The average Bonchev–Trinajstić information content (AvgIpc) is 3.20. The van der Waals surface area contributed by atoms with Crippen molar-refractivity contribution in [3.63, 3.8) is 0 Å². The number of carbonyl (C=O) groups excluding carboxylic acids is 2. The molecule has 4 rings (SSSR count). The summed E-state index contributed by atoms with van der Waals surface area (Å²) in [5, 5.41) is 3.89. The summed E-state index contributed by atoms with van der Waals surface area (Å²) < 4.78 is 0. The van der Waals surface area contributed by atoms with Gasteiger partial charge in [-0.25, -0.2) is 0 Å². The third-order valence-corrected chi connectivity index (χ3v) is 5.56. The van der Waals surface area contributed by atoms with E-state index in [0.717, 1.165) is 41.4 Å². The first-order valence-electron chi connectivity index (χ1n) is 10.2. The van der Waals surface area contributed by atoms with E-state index in [-0.39, 0.29) is 11.8 Å². The van der Waals surface area contributed by atoms with Crippen LogP contribution in [-0.2, 0) is 12.8 Å². The van der Waals surface area contributed by atoms with Gasteiger partial charge in [0.05, 0.1) is 11.1 Å². The number of hydrogen-bond donors (Lipinski definition) is 1. The second-order valence-electron chi connectivity index (χ2n) is 7.30. The van der Waals surface area contributed by atoms with Crippen LogP contribution in [-0.4, -0.2) is 34.8 Å². The molecule has 0 saturated heterocycles. The van der Waals surface area contributed by atoms with Crippen molar-refractivity contribution in [2.24, 2.45) is 0 Å². The lowest BCUT2D eigenvalue weighted by atomic mass is 10.0. The van der Waals surface area contributed by atoms with Crippen LogP contribution in [0.1, 0.15) is 52.2 Å². The monoisotopic (exact) mass is 387 g/mol. The third kappa shape index (κ3) is 3.60. The van der Waals surface area contributed by atoms with Gasteiger partial charge in [0.2, 0.25) is 0 Å². The van der Waals surface area contributed by atoms with Gasteiger partial charge in [-0.05, 0) is 62.9 Å². The molecule has 0 fully saturated rings. The van der Waals surface area contributed by atoms with Gasteiger partial charge in [0, 0.05) is 35.4 Å². The van der Waals surface area contributed by atoms with Gasteiger partial charge >= 0.3 is 0 Å². The van der Waals surface area contributed by atoms with Gasteiger partial charge in [-0.2, -0.15) is 0 Å². The Morgan fingerprint density at radius 1 is 1.03 bits per heavy atom. The Balaban J connectivity index is 1.68. The molecule has 0 aliphatic heterocycles. The smallest absolute Gasteiger partial charge is 0.256 e. The van der Waals surface area contributed by atoms with Crippen LogP contribution >= 0.6 is 0 Å². The summed E-state index contributed by atoms with van der Waals surface area (Å²) in [7, 11) is 0. The number of anilines is 1. The third-order valence-electron chi connectivity index (χ3n) is 5.56. The number of benzene rings is 2. The maximum Gasteiger partial charge on any atom is 0.256 e. The molecule has 1 heterocycles. The quantitative estimate of drug-likeness (QED) is 0.703. The largest absolute Gasteiger partial charge is 0.339 e. The van der Waals surface area contributed by atoms with Crippen molar-refractivity contribution in [2.45, 2.75) is 33.1 Å². The number of rotatable bonds is 5. The molecule has 5 heteroatoms. The molecule has 29 heavy (non-hydrogen) atoms. The molecule has 3 aromatic rings. The van der Waals surface area contributed by atoms with E-state index in [2.05, 4.69) is 5.32 Å². The van der Waals surface area contributed by atoms with Crippen LogP contribution in [0.15, 0.2) is 48.5 Å². The van der Waals surface area contributed by atoms with E-state index >= 15 is 0 Å². The van der Waals surface area contributed by atoms with Gasteiger partial charge in [0.15, 0.2) is 0 Å². The van der Waals surface area contributed by atoms with Crippen LogP contribution in [0.25, 0.3) is 10.9 Å². The lowest BCUT2D eigenvalue weighted by Crippen LogP contribution is -2.30. The fourth-order valence-corrected chi connectivity index (χ4v) is 4.09. The van der Waals surface area contributed by atoms with E-state index in [1.807, 2.05) is 44.2 Å². The first kappa shape index (κ1) is 19.1. The summed E-state index contributed by atoms with van der Waals surface area (Å²) in [6.45, 7) is 5.23. The molecule has 1 aliphatic carbocycles. The maximum atomic E-state index is 13.3. The van der Waals surface area contributed by atoms with E-state index in [1.165, 1.54) is 0 Å². The summed E-state index contributed by atoms with van der Waals surface area (Å²) in [5.41, 5.74) is 4.85. The molecule has 2 aromatic carbocycles. The summed E-state index contributed by atoms with van der Waals surface area (Å²) >= 11 is 0. The first-order chi connectivity index (χ1) is 14.1. The standard InChI is InChI=1S/C24H25N3O2/c1-3-27(4-2)24(29)16-9-7-10-17(15-16)25-23(28)22-18-11-5-6-13-20(18)26-21-14-8-12-19(21)22/h5-7,9-11,13,15H,3-4,8,12,14H2,1-2H3,(H,25,28). The van der Waals surface area contributed by atoms with Crippen LogP contribution in [0.3, 0.4) is 0 Å². The number of aromatic nitrogens is 1. The Bertz CT molecular complexity index is 1090. The van der Waals surface area contributed by atoms with Crippen molar-refractivity contribution in [1.82, 2.24) is 9.88 Å². The molecular weight excluding hydrogens is 362 g/mol. The second kappa shape index (κ2) is 8.03. The minimum absolute atomic E-state index is 0.0265. The highest BCUT2D eigenvalue weighted by Gasteiger charge is 2.24. The molecule has 148 valence electrons. The predicted octanol–water partition coefficient (Wildman–Crippen LogP) is 4.46. The molecule has 1 N–H and O–H groups in total. The Labute approximate surface area is 170 Å². The van der Waals surface area contributed by atoms with Gasteiger partial charge in [-0.1, -0.05) is 24.3 Å². The van der Waals surface area contributed by atoms with Crippen LogP contribution in [0.4, 0.5) is 5.69 Å². The molecule has 0 radical (unpaired) electrons. The van der Waals surface area contributed by atoms with Crippen LogP contribution in [0.2, 0.25) is 0 Å². The van der Waals surface area contributed by atoms with Gasteiger partial charge in [0.1, 0.15) is 0 Å². The van der Waals surface area contributed by atoms with E-state index in [4.69, 9.17) is 4.98 Å². The molecule has 0 unspecified atom stereocenters. The zero-order valence-electron chi connectivity index (χ0n) is 16.9. The van der Waals surface area contributed by atoms with Crippen LogP contribution in [0.5, 0.6) is 0 Å². The van der Waals surface area contributed by atoms with Crippen molar-refractivity contribution in [1.29, 1.82) is 0 Å². The summed E-state index contributed by atoms with van der Waals surface area (Å²) in [4.78, 5) is 32.4. The van der Waals surface area contributed by atoms with Crippen molar-refractivity contribution in [3.8, 4) is 0 Å². The number of amides is 2. The minimum Gasteiger partial charge on any atom is -0.339 e. The molecular formula is C24H25N3O2. The van der Waals surface area contributed by atoms with Gasteiger partial charge < -0.3 is 10.2 Å². The predicted molar refractivity (Wildman–Crippen MR) is 115 cm³/mol. The molecule has 0 saturated carbocycles. The summed E-state index contributed by atoms with van der Waals surface area (Å²) in [5.74, 6) is -0.171. The van der Waals surface area contributed by atoms with E-state index < -0.39 is 0 Å². The highest BCUT2D eigenvalue weighted by molar-refractivity contribution is 6.14. The zero-order chi connectivity index (χ0) is 20.4. The summed E-state index contributed by atoms with van der Waals surface area (Å²) in [6.07, 6.45) is 2.80. The van der Waals surface area contributed by atoms with E-state index in [1.54, 1.807) is 23.1 Å². The Hall–Kier alpha value is -3.21. The maximum absolute atomic E-state index is 13.3.